The Kier molecular flexibility index (Phi) is 6.93. The van der Waals surface area contributed by atoms with Gasteiger partial charge in [0, 0.05) is 32.6 Å². The summed E-state index contributed by atoms with van der Waals surface area (Å²) >= 11 is 0. The van der Waals surface area contributed by atoms with Crippen LogP contribution in [0.5, 0.6) is 0 Å². The van der Waals surface area contributed by atoms with Gasteiger partial charge in [-0.25, -0.2) is 0 Å². The highest BCUT2D eigenvalue weighted by Crippen LogP contribution is 2.48. The van der Waals surface area contributed by atoms with E-state index in [-0.39, 0.29) is 0 Å². The summed E-state index contributed by atoms with van der Waals surface area (Å²) in [6.07, 6.45) is 0. The van der Waals surface area contributed by atoms with Crippen molar-refractivity contribution in [1.82, 2.24) is 4.57 Å². The van der Waals surface area contributed by atoms with Crippen molar-refractivity contribution in [3.05, 3.63) is 206 Å². The van der Waals surface area contributed by atoms with E-state index in [2.05, 4.69) is 216 Å². The van der Waals surface area contributed by atoms with Crippen LogP contribution in [0, 0.1) is 0 Å². The molecule has 3 nitrogen and oxygen atoms in total. The highest BCUT2D eigenvalue weighted by atomic mass is 16.3. The van der Waals surface area contributed by atoms with Crippen LogP contribution in [0.2, 0.25) is 0 Å². The minimum atomic E-state index is 0.858. The van der Waals surface area contributed by atoms with Crippen molar-refractivity contribution in [3.63, 3.8) is 0 Å². The van der Waals surface area contributed by atoms with Crippen LogP contribution >= 0.6 is 0 Å². The summed E-state index contributed by atoms with van der Waals surface area (Å²) < 4.78 is 9.36. The molecule has 0 aliphatic rings. The van der Waals surface area contributed by atoms with Crippen molar-refractivity contribution in [3.8, 4) is 16.8 Å². The molecule has 10 aromatic carbocycles. The topological polar surface area (TPSA) is 21.3 Å². The predicted octanol–water partition coefficient (Wildman–Crippen LogP) is 15.3. The van der Waals surface area contributed by atoms with Gasteiger partial charge < -0.3 is 13.9 Å². The van der Waals surface area contributed by atoms with E-state index < -0.39 is 0 Å². The van der Waals surface area contributed by atoms with Gasteiger partial charge in [-0.15, -0.1) is 0 Å². The number of para-hydroxylation sites is 2. The number of hydrogen-bond donors (Lipinski definition) is 0. The van der Waals surface area contributed by atoms with Gasteiger partial charge in [-0.1, -0.05) is 146 Å². The Morgan fingerprint density at radius 2 is 0.965 bits per heavy atom. The van der Waals surface area contributed by atoms with Gasteiger partial charge in [0.05, 0.1) is 28.1 Å². The molecule has 0 bridgehead atoms. The Morgan fingerprint density at radius 1 is 0.368 bits per heavy atom. The van der Waals surface area contributed by atoms with E-state index in [0.717, 1.165) is 61.1 Å². The molecule has 12 aromatic rings. The molecule has 57 heavy (non-hydrogen) atoms. The van der Waals surface area contributed by atoms with Crippen LogP contribution < -0.4 is 4.90 Å². The number of nitrogens with zero attached hydrogens (tertiary/aromatic N) is 2. The number of fused-ring (bicyclic) bond motifs is 9. The van der Waals surface area contributed by atoms with Crippen LogP contribution in [-0.2, 0) is 0 Å². The zero-order valence-corrected chi connectivity index (χ0v) is 30.9. The van der Waals surface area contributed by atoms with Crippen molar-refractivity contribution >= 4 is 93.1 Å². The molecule has 0 spiro atoms. The quantitative estimate of drug-likeness (QED) is 0.176. The summed E-state index contributed by atoms with van der Waals surface area (Å²) in [7, 11) is 0. The zero-order chi connectivity index (χ0) is 37.5. The standard InChI is InChI=1S/C54H34N2O/c1-2-14-38-32-41(27-26-35(38)12-1)36-28-30-42(31-29-36)55(51-25-10-20-44-46-33-39-15-3-4-16-40(39)34-52(46)57-54(44)51)49-23-11-24-50-53(49)45-19-7-8-21-48(45)56(50)47-22-9-17-37-13-5-6-18-43(37)47/h1-34H. The van der Waals surface area contributed by atoms with Crippen molar-refractivity contribution in [2.24, 2.45) is 0 Å². The van der Waals surface area contributed by atoms with Gasteiger partial charge in [-0.2, -0.15) is 0 Å². The monoisotopic (exact) mass is 726 g/mol. The van der Waals surface area contributed by atoms with E-state index in [4.69, 9.17) is 4.42 Å². The fraction of sp³-hybridized carbons (Fsp3) is 0. The van der Waals surface area contributed by atoms with Crippen LogP contribution in [0.4, 0.5) is 17.1 Å². The van der Waals surface area contributed by atoms with Gasteiger partial charge in [-0.05, 0) is 98.7 Å². The third kappa shape index (κ3) is 4.92. The lowest BCUT2D eigenvalue weighted by atomic mass is 10.0. The molecular formula is C54H34N2O. The molecule has 0 atom stereocenters. The first-order chi connectivity index (χ1) is 28.3. The number of benzene rings is 10. The highest BCUT2D eigenvalue weighted by molar-refractivity contribution is 6.19. The molecule has 0 radical (unpaired) electrons. The summed E-state index contributed by atoms with van der Waals surface area (Å²) in [6.45, 7) is 0. The van der Waals surface area contributed by atoms with E-state index in [9.17, 15) is 0 Å². The molecule has 0 unspecified atom stereocenters. The third-order valence-electron chi connectivity index (χ3n) is 11.7. The van der Waals surface area contributed by atoms with Crippen molar-refractivity contribution in [2.75, 3.05) is 4.90 Å². The molecule has 0 aliphatic carbocycles. The molecule has 0 saturated carbocycles. The number of furan rings is 1. The van der Waals surface area contributed by atoms with Gasteiger partial charge in [0.15, 0.2) is 5.58 Å². The second kappa shape index (κ2) is 12.5. The highest BCUT2D eigenvalue weighted by Gasteiger charge is 2.24. The van der Waals surface area contributed by atoms with Crippen LogP contribution in [0.3, 0.4) is 0 Å². The molecule has 0 aliphatic heterocycles. The fourth-order valence-electron chi connectivity index (χ4n) is 9.07. The van der Waals surface area contributed by atoms with Gasteiger partial charge in [0.1, 0.15) is 5.58 Å². The lowest BCUT2D eigenvalue weighted by Gasteiger charge is -2.27. The molecule has 0 amide bonds. The second-order valence-electron chi connectivity index (χ2n) is 14.9. The first-order valence-corrected chi connectivity index (χ1v) is 19.5. The summed E-state index contributed by atoms with van der Waals surface area (Å²) in [4.78, 5) is 2.40. The van der Waals surface area contributed by atoms with E-state index in [0.29, 0.717) is 0 Å². The normalized spacial score (nSPS) is 11.9. The zero-order valence-electron chi connectivity index (χ0n) is 30.9. The molecule has 2 aromatic heterocycles. The first kappa shape index (κ1) is 31.7. The summed E-state index contributed by atoms with van der Waals surface area (Å²) in [5, 5.41) is 11.9. The Balaban J connectivity index is 1.13. The summed E-state index contributed by atoms with van der Waals surface area (Å²) in [5.74, 6) is 0. The van der Waals surface area contributed by atoms with E-state index in [1.165, 1.54) is 48.8 Å². The summed E-state index contributed by atoms with van der Waals surface area (Å²) in [5.41, 5.74) is 10.7. The molecule has 12 rings (SSSR count). The predicted molar refractivity (Wildman–Crippen MR) is 241 cm³/mol. The maximum absolute atomic E-state index is 6.92. The van der Waals surface area contributed by atoms with Gasteiger partial charge in [0.25, 0.3) is 0 Å². The smallest absolute Gasteiger partial charge is 0.159 e. The van der Waals surface area contributed by atoms with Crippen LogP contribution in [0.15, 0.2) is 211 Å². The Bertz CT molecular complexity index is 3530. The molecule has 266 valence electrons. The molecule has 0 N–H and O–H groups in total. The molecular weight excluding hydrogens is 693 g/mol. The van der Waals surface area contributed by atoms with Gasteiger partial charge in [-0.3, -0.25) is 0 Å². The molecule has 0 saturated heterocycles. The first-order valence-electron chi connectivity index (χ1n) is 19.5. The van der Waals surface area contributed by atoms with Crippen LogP contribution in [0.25, 0.3) is 92.9 Å². The minimum absolute atomic E-state index is 0.858. The number of hydrogen-bond acceptors (Lipinski definition) is 2. The summed E-state index contributed by atoms with van der Waals surface area (Å²) in [6, 6.07) is 74.5. The number of rotatable bonds is 5. The fourth-order valence-corrected chi connectivity index (χ4v) is 9.07. The molecule has 0 fully saturated rings. The van der Waals surface area contributed by atoms with Crippen molar-refractivity contribution < 1.29 is 4.42 Å². The maximum atomic E-state index is 6.92. The second-order valence-corrected chi connectivity index (χ2v) is 14.9. The SMILES string of the molecule is c1ccc2cc(-c3ccc(N(c4cccc5c4oc4cc6ccccc6cc45)c4cccc5c4c4ccccc4n5-c4cccc5ccccc45)cc3)ccc2c1. The Hall–Kier alpha value is -7.62. The van der Waals surface area contributed by atoms with Crippen LogP contribution in [-0.4, -0.2) is 4.57 Å². The number of aromatic nitrogens is 1. The van der Waals surface area contributed by atoms with Crippen molar-refractivity contribution in [1.29, 1.82) is 0 Å². The Labute approximate surface area is 328 Å². The van der Waals surface area contributed by atoms with Crippen LogP contribution in [0.1, 0.15) is 0 Å². The van der Waals surface area contributed by atoms with E-state index in [1.807, 2.05) is 0 Å². The van der Waals surface area contributed by atoms with E-state index >= 15 is 0 Å². The average molecular weight is 727 g/mol. The average Bonchev–Trinajstić information content (AvgIpc) is 3.81. The lowest BCUT2D eigenvalue weighted by molar-refractivity contribution is 0.669. The Morgan fingerprint density at radius 3 is 1.81 bits per heavy atom. The lowest BCUT2D eigenvalue weighted by Crippen LogP contribution is -2.10. The number of anilines is 3. The maximum Gasteiger partial charge on any atom is 0.159 e. The van der Waals surface area contributed by atoms with E-state index in [1.54, 1.807) is 0 Å². The largest absolute Gasteiger partial charge is 0.454 e. The van der Waals surface area contributed by atoms with Gasteiger partial charge >= 0.3 is 0 Å². The van der Waals surface area contributed by atoms with Gasteiger partial charge in [0.2, 0.25) is 0 Å². The van der Waals surface area contributed by atoms with Crippen molar-refractivity contribution in [2.45, 2.75) is 0 Å². The molecule has 2 heterocycles. The molecule has 3 heteroatoms. The third-order valence-corrected chi connectivity index (χ3v) is 11.7. The minimum Gasteiger partial charge on any atom is -0.454 e.